The number of hydrogen-bond acceptors (Lipinski definition) is 3. The van der Waals surface area contributed by atoms with Gasteiger partial charge >= 0.3 is 5.97 Å². The van der Waals surface area contributed by atoms with Crippen LogP contribution in [-0.4, -0.2) is 28.4 Å². The van der Waals surface area contributed by atoms with Gasteiger partial charge in [0.15, 0.2) is 0 Å². The first-order chi connectivity index (χ1) is 8.25. The van der Waals surface area contributed by atoms with Crippen molar-refractivity contribution in [2.45, 2.75) is 25.3 Å². The van der Waals surface area contributed by atoms with Gasteiger partial charge in [-0.3, -0.25) is 4.79 Å². The normalized spacial score (nSPS) is 21.8. The van der Waals surface area contributed by atoms with Crippen LogP contribution in [0.25, 0.3) is 0 Å². The fraction of sp³-hybridized carbons (Fsp3) is 0.385. The van der Waals surface area contributed by atoms with Crippen LogP contribution in [0.4, 0.5) is 5.69 Å². The highest BCUT2D eigenvalue weighted by molar-refractivity contribution is 5.90. The van der Waals surface area contributed by atoms with E-state index < -0.39 is 5.97 Å². The summed E-state index contributed by atoms with van der Waals surface area (Å²) in [5.74, 6) is 0.299. The number of rotatable bonds is 2. The van der Waals surface area contributed by atoms with Crippen LogP contribution in [0, 0.1) is 0 Å². The number of carboxylic acids is 1. The maximum Gasteiger partial charge on any atom is 0.305 e. The summed E-state index contributed by atoms with van der Waals surface area (Å²) >= 11 is 0. The number of fused-ring (bicyclic) bond motifs is 2. The second-order valence-corrected chi connectivity index (χ2v) is 4.50. The number of aliphatic imine (C=N–C) groups is 1. The lowest BCUT2D eigenvalue weighted by atomic mass is 9.98. The first-order valence-corrected chi connectivity index (χ1v) is 5.90. The van der Waals surface area contributed by atoms with Gasteiger partial charge < -0.3 is 10.0 Å². The zero-order chi connectivity index (χ0) is 11.8. The molecular weight excluding hydrogens is 216 g/mol. The van der Waals surface area contributed by atoms with E-state index in [0.717, 1.165) is 36.5 Å². The Morgan fingerprint density at radius 3 is 3.12 bits per heavy atom. The summed E-state index contributed by atoms with van der Waals surface area (Å²) in [5, 5.41) is 9.04. The average molecular weight is 230 g/mol. The molecule has 2 aliphatic rings. The molecule has 0 saturated carbocycles. The predicted molar refractivity (Wildman–Crippen MR) is 64.5 cm³/mol. The van der Waals surface area contributed by atoms with Crippen LogP contribution < -0.4 is 0 Å². The highest BCUT2D eigenvalue weighted by atomic mass is 16.4. The molecule has 0 radical (unpaired) electrons. The van der Waals surface area contributed by atoms with Crippen molar-refractivity contribution in [3.63, 3.8) is 0 Å². The fourth-order valence-electron chi connectivity index (χ4n) is 2.70. The molecule has 4 heteroatoms. The minimum absolute atomic E-state index is 0.0429. The van der Waals surface area contributed by atoms with Crippen molar-refractivity contribution in [1.82, 2.24) is 4.90 Å². The number of amidine groups is 1. The van der Waals surface area contributed by atoms with E-state index in [-0.39, 0.29) is 12.5 Å². The molecule has 0 spiro atoms. The summed E-state index contributed by atoms with van der Waals surface area (Å²) in [7, 11) is 0. The summed E-state index contributed by atoms with van der Waals surface area (Å²) in [4.78, 5) is 17.8. The number of carbonyl (C=O) groups is 1. The summed E-state index contributed by atoms with van der Waals surface area (Å²) in [6, 6.07) is 7.81. The van der Waals surface area contributed by atoms with Gasteiger partial charge in [0.2, 0.25) is 0 Å². The molecule has 1 atom stereocenters. The maximum absolute atomic E-state index is 11.0. The van der Waals surface area contributed by atoms with E-state index in [1.807, 2.05) is 24.3 Å². The summed E-state index contributed by atoms with van der Waals surface area (Å²) in [6.45, 7) is 0.922. The Morgan fingerprint density at radius 1 is 1.47 bits per heavy atom. The Morgan fingerprint density at radius 2 is 2.29 bits per heavy atom. The smallest absolute Gasteiger partial charge is 0.305 e. The van der Waals surface area contributed by atoms with E-state index in [9.17, 15) is 4.79 Å². The van der Waals surface area contributed by atoms with Gasteiger partial charge in [-0.15, -0.1) is 0 Å². The molecule has 17 heavy (non-hydrogen) atoms. The van der Waals surface area contributed by atoms with Gasteiger partial charge in [-0.2, -0.15) is 0 Å². The molecule has 1 aromatic rings. The molecule has 4 nitrogen and oxygen atoms in total. The van der Waals surface area contributed by atoms with Gasteiger partial charge in [0.1, 0.15) is 5.84 Å². The summed E-state index contributed by atoms with van der Waals surface area (Å²) in [5.41, 5.74) is 1.98. The molecular formula is C13H14N2O2. The van der Waals surface area contributed by atoms with E-state index in [0.29, 0.717) is 0 Å². The standard InChI is InChI=1S/C13H14N2O2/c16-13(17)8-11-9-4-1-2-5-10(9)14-12-6-3-7-15(11)12/h1-2,4-5,11H,3,6-8H2,(H,16,17). The second kappa shape index (κ2) is 3.87. The van der Waals surface area contributed by atoms with Gasteiger partial charge in [0.05, 0.1) is 18.2 Å². The summed E-state index contributed by atoms with van der Waals surface area (Å²) in [6.07, 6.45) is 2.18. The largest absolute Gasteiger partial charge is 0.481 e. The highest BCUT2D eigenvalue weighted by Crippen LogP contribution is 2.39. The molecule has 1 unspecified atom stereocenters. The van der Waals surface area contributed by atoms with Crippen LogP contribution in [0.1, 0.15) is 30.9 Å². The lowest BCUT2D eigenvalue weighted by Crippen LogP contribution is -2.33. The number of para-hydroxylation sites is 1. The zero-order valence-electron chi connectivity index (χ0n) is 9.47. The number of benzene rings is 1. The lowest BCUT2D eigenvalue weighted by molar-refractivity contribution is -0.138. The molecule has 0 amide bonds. The number of aliphatic carboxylic acids is 1. The van der Waals surface area contributed by atoms with Crippen molar-refractivity contribution in [3.8, 4) is 0 Å². The first kappa shape index (κ1) is 10.3. The predicted octanol–water partition coefficient (Wildman–Crippen LogP) is 2.34. The molecule has 2 aliphatic heterocycles. The minimum atomic E-state index is -0.752. The Hall–Kier alpha value is -1.84. The second-order valence-electron chi connectivity index (χ2n) is 4.50. The monoisotopic (exact) mass is 230 g/mol. The van der Waals surface area contributed by atoms with Gasteiger partial charge in [-0.25, -0.2) is 4.99 Å². The third-order valence-corrected chi connectivity index (χ3v) is 3.42. The van der Waals surface area contributed by atoms with Crippen LogP contribution in [0.3, 0.4) is 0 Å². The minimum Gasteiger partial charge on any atom is -0.481 e. The fourth-order valence-corrected chi connectivity index (χ4v) is 2.70. The van der Waals surface area contributed by atoms with E-state index in [4.69, 9.17) is 5.11 Å². The van der Waals surface area contributed by atoms with E-state index >= 15 is 0 Å². The molecule has 1 N–H and O–H groups in total. The van der Waals surface area contributed by atoms with Crippen LogP contribution >= 0.6 is 0 Å². The van der Waals surface area contributed by atoms with E-state index in [2.05, 4.69) is 9.89 Å². The molecule has 1 saturated heterocycles. The topological polar surface area (TPSA) is 52.9 Å². The lowest BCUT2D eigenvalue weighted by Gasteiger charge is -2.33. The van der Waals surface area contributed by atoms with Crippen LogP contribution in [-0.2, 0) is 4.79 Å². The average Bonchev–Trinajstić information content (AvgIpc) is 2.76. The van der Waals surface area contributed by atoms with Crippen molar-refractivity contribution in [1.29, 1.82) is 0 Å². The Bertz CT molecular complexity index is 496. The third kappa shape index (κ3) is 1.69. The summed E-state index contributed by atoms with van der Waals surface area (Å²) < 4.78 is 0. The molecule has 1 fully saturated rings. The zero-order valence-corrected chi connectivity index (χ0v) is 9.47. The first-order valence-electron chi connectivity index (χ1n) is 5.90. The molecule has 88 valence electrons. The number of nitrogens with zero attached hydrogens (tertiary/aromatic N) is 2. The van der Waals surface area contributed by atoms with Crippen LogP contribution in [0.2, 0.25) is 0 Å². The van der Waals surface area contributed by atoms with Gasteiger partial charge in [0.25, 0.3) is 0 Å². The number of hydrogen-bond donors (Lipinski definition) is 1. The molecule has 0 aliphatic carbocycles. The molecule has 1 aromatic carbocycles. The molecule has 0 aromatic heterocycles. The van der Waals surface area contributed by atoms with Crippen LogP contribution in [0.5, 0.6) is 0 Å². The third-order valence-electron chi connectivity index (χ3n) is 3.42. The molecule has 2 heterocycles. The molecule has 0 bridgehead atoms. The van der Waals surface area contributed by atoms with E-state index in [1.165, 1.54) is 0 Å². The van der Waals surface area contributed by atoms with Crippen molar-refractivity contribution >= 4 is 17.5 Å². The van der Waals surface area contributed by atoms with Gasteiger partial charge in [-0.05, 0) is 12.5 Å². The Balaban J connectivity index is 2.06. The molecule has 3 rings (SSSR count). The maximum atomic E-state index is 11.0. The van der Waals surface area contributed by atoms with Crippen molar-refractivity contribution in [2.75, 3.05) is 6.54 Å². The van der Waals surface area contributed by atoms with Crippen LogP contribution in [0.15, 0.2) is 29.3 Å². The number of carboxylic acid groups (broad SMARTS) is 1. The van der Waals surface area contributed by atoms with Gasteiger partial charge in [-0.1, -0.05) is 18.2 Å². The Labute approximate surface area is 99.6 Å². The van der Waals surface area contributed by atoms with Crippen molar-refractivity contribution < 1.29 is 9.90 Å². The van der Waals surface area contributed by atoms with Crippen molar-refractivity contribution in [2.24, 2.45) is 4.99 Å². The van der Waals surface area contributed by atoms with E-state index in [1.54, 1.807) is 0 Å². The Kier molecular flexibility index (Phi) is 2.35. The van der Waals surface area contributed by atoms with Crippen molar-refractivity contribution in [3.05, 3.63) is 29.8 Å². The highest BCUT2D eigenvalue weighted by Gasteiger charge is 2.33. The quantitative estimate of drug-likeness (QED) is 0.848. The van der Waals surface area contributed by atoms with Gasteiger partial charge in [0, 0.05) is 18.5 Å². The SMILES string of the molecule is O=C(O)CC1c2ccccc2N=C2CCCN21.